The van der Waals surface area contributed by atoms with Crippen LogP contribution in [0, 0.1) is 11.6 Å². The number of rotatable bonds is 4. The summed E-state index contributed by atoms with van der Waals surface area (Å²) in [4.78, 5) is 20.5. The van der Waals surface area contributed by atoms with Gasteiger partial charge in [0.1, 0.15) is 23.0 Å². The van der Waals surface area contributed by atoms with Gasteiger partial charge in [-0.3, -0.25) is 9.78 Å². The maximum absolute atomic E-state index is 13.8. The van der Waals surface area contributed by atoms with Gasteiger partial charge in [0.2, 0.25) is 0 Å². The zero-order valence-electron chi connectivity index (χ0n) is 15.4. The highest BCUT2D eigenvalue weighted by molar-refractivity contribution is 6.33. The highest BCUT2D eigenvalue weighted by atomic mass is 35.5. The molecule has 4 nitrogen and oxygen atoms in total. The number of aromatic nitrogens is 2. The van der Waals surface area contributed by atoms with Crippen molar-refractivity contribution < 1.29 is 13.6 Å². The van der Waals surface area contributed by atoms with Gasteiger partial charge in [-0.2, -0.15) is 0 Å². The summed E-state index contributed by atoms with van der Waals surface area (Å²) in [5.41, 5.74) is 2.70. The highest BCUT2D eigenvalue weighted by Gasteiger charge is 2.17. The molecule has 4 rings (SSSR count). The molecule has 0 fully saturated rings. The molecule has 2 aromatic heterocycles. The normalized spacial score (nSPS) is 10.6. The monoisotopic (exact) mass is 421 g/mol. The fourth-order valence-electron chi connectivity index (χ4n) is 2.98. The molecule has 2 heterocycles. The van der Waals surface area contributed by atoms with Crippen LogP contribution in [-0.2, 0) is 0 Å². The molecule has 0 radical (unpaired) electrons. The third-order valence-electron chi connectivity index (χ3n) is 4.47. The van der Waals surface area contributed by atoms with Crippen molar-refractivity contribution >= 4 is 23.3 Å². The van der Waals surface area contributed by atoms with E-state index in [0.29, 0.717) is 5.02 Å². The SMILES string of the molecule is O=C(Nc1ccc(-c2cc(-c3cccnc3)ccc2Cl)cn1)c1c(F)cccc1F. The molecule has 0 aliphatic carbocycles. The lowest BCUT2D eigenvalue weighted by Crippen LogP contribution is -2.16. The van der Waals surface area contributed by atoms with Crippen LogP contribution in [0.25, 0.3) is 22.3 Å². The van der Waals surface area contributed by atoms with Gasteiger partial charge >= 0.3 is 0 Å². The molecule has 0 aliphatic heterocycles. The van der Waals surface area contributed by atoms with E-state index in [4.69, 9.17) is 11.6 Å². The summed E-state index contributed by atoms with van der Waals surface area (Å²) in [6, 6.07) is 15.9. The molecule has 0 atom stereocenters. The molecular weight excluding hydrogens is 408 g/mol. The third kappa shape index (κ3) is 4.04. The molecule has 0 spiro atoms. The van der Waals surface area contributed by atoms with Gasteiger partial charge in [0, 0.05) is 40.3 Å². The summed E-state index contributed by atoms with van der Waals surface area (Å²) in [6.07, 6.45) is 4.98. The number of hydrogen-bond acceptors (Lipinski definition) is 3. The van der Waals surface area contributed by atoms with Crippen LogP contribution in [0.4, 0.5) is 14.6 Å². The lowest BCUT2D eigenvalue weighted by atomic mass is 10.0. The first-order chi connectivity index (χ1) is 14.5. The van der Waals surface area contributed by atoms with E-state index in [0.717, 1.165) is 34.4 Å². The zero-order valence-corrected chi connectivity index (χ0v) is 16.2. The first-order valence-electron chi connectivity index (χ1n) is 8.94. The minimum Gasteiger partial charge on any atom is -0.306 e. The van der Waals surface area contributed by atoms with Gasteiger partial charge in [-0.1, -0.05) is 29.8 Å². The Hall–Kier alpha value is -3.64. The van der Waals surface area contributed by atoms with E-state index in [2.05, 4.69) is 15.3 Å². The van der Waals surface area contributed by atoms with Crippen molar-refractivity contribution in [2.75, 3.05) is 5.32 Å². The number of benzene rings is 2. The van der Waals surface area contributed by atoms with Crippen LogP contribution in [0.3, 0.4) is 0 Å². The fourth-order valence-corrected chi connectivity index (χ4v) is 3.21. The topological polar surface area (TPSA) is 54.9 Å². The molecular formula is C23H14ClF2N3O. The minimum absolute atomic E-state index is 0.158. The standard InChI is InChI=1S/C23H14ClF2N3O/c24-18-8-6-14(15-3-2-10-27-12-15)11-17(18)16-7-9-21(28-13-16)29-23(30)22-19(25)4-1-5-20(22)26/h1-13H,(H,28,29,30). The molecule has 4 aromatic rings. The number of pyridine rings is 2. The first kappa shape index (κ1) is 19.7. The number of anilines is 1. The maximum Gasteiger partial charge on any atom is 0.262 e. The average Bonchev–Trinajstić information content (AvgIpc) is 2.75. The summed E-state index contributed by atoms with van der Waals surface area (Å²) in [7, 11) is 0. The molecule has 1 amide bonds. The predicted octanol–water partition coefficient (Wildman–Crippen LogP) is 5.99. The van der Waals surface area contributed by atoms with Crippen LogP contribution in [-0.4, -0.2) is 15.9 Å². The molecule has 2 aromatic carbocycles. The predicted molar refractivity (Wildman–Crippen MR) is 112 cm³/mol. The summed E-state index contributed by atoms with van der Waals surface area (Å²) in [5, 5.41) is 2.94. The number of halogens is 3. The number of nitrogens with one attached hydrogen (secondary N) is 1. The number of carbonyl (C=O) groups excluding carboxylic acids is 1. The molecule has 30 heavy (non-hydrogen) atoms. The van der Waals surface area contributed by atoms with Crippen molar-refractivity contribution in [2.45, 2.75) is 0 Å². The number of hydrogen-bond donors (Lipinski definition) is 1. The van der Waals surface area contributed by atoms with Gasteiger partial charge < -0.3 is 5.32 Å². The molecule has 148 valence electrons. The Balaban J connectivity index is 1.59. The third-order valence-corrected chi connectivity index (χ3v) is 4.80. The van der Waals surface area contributed by atoms with Crippen molar-refractivity contribution in [3.05, 3.63) is 101 Å². The summed E-state index contributed by atoms with van der Waals surface area (Å²) in [6.45, 7) is 0. The Morgan fingerprint density at radius 3 is 2.30 bits per heavy atom. The van der Waals surface area contributed by atoms with E-state index in [9.17, 15) is 13.6 Å². The van der Waals surface area contributed by atoms with Gasteiger partial charge in [0.05, 0.1) is 0 Å². The van der Waals surface area contributed by atoms with Gasteiger partial charge in [0.15, 0.2) is 0 Å². The van der Waals surface area contributed by atoms with Crippen LogP contribution in [0.2, 0.25) is 5.02 Å². The maximum atomic E-state index is 13.8. The van der Waals surface area contributed by atoms with E-state index in [1.54, 1.807) is 30.6 Å². The van der Waals surface area contributed by atoms with Crippen LogP contribution >= 0.6 is 11.6 Å². The number of carbonyl (C=O) groups is 1. The largest absolute Gasteiger partial charge is 0.306 e. The van der Waals surface area contributed by atoms with Crippen molar-refractivity contribution in [3.8, 4) is 22.3 Å². The highest BCUT2D eigenvalue weighted by Crippen LogP contribution is 2.32. The van der Waals surface area contributed by atoms with E-state index in [1.807, 2.05) is 24.3 Å². The molecule has 0 bridgehead atoms. The summed E-state index contributed by atoms with van der Waals surface area (Å²) in [5.74, 6) is -2.64. The molecule has 0 saturated carbocycles. The van der Waals surface area contributed by atoms with Crippen molar-refractivity contribution in [1.29, 1.82) is 0 Å². The Bertz CT molecular complexity index is 1190. The molecule has 1 N–H and O–H groups in total. The van der Waals surface area contributed by atoms with E-state index in [1.165, 1.54) is 12.3 Å². The summed E-state index contributed by atoms with van der Waals surface area (Å²) < 4.78 is 27.5. The van der Waals surface area contributed by atoms with Crippen molar-refractivity contribution in [1.82, 2.24) is 9.97 Å². The quantitative estimate of drug-likeness (QED) is 0.440. The van der Waals surface area contributed by atoms with Crippen LogP contribution in [0.5, 0.6) is 0 Å². The van der Waals surface area contributed by atoms with E-state index < -0.39 is 23.1 Å². The van der Waals surface area contributed by atoms with Gasteiger partial charge in [-0.15, -0.1) is 0 Å². The lowest BCUT2D eigenvalue weighted by Gasteiger charge is -2.10. The van der Waals surface area contributed by atoms with Crippen LogP contribution in [0.15, 0.2) is 79.3 Å². The van der Waals surface area contributed by atoms with E-state index in [-0.39, 0.29) is 5.82 Å². The van der Waals surface area contributed by atoms with Crippen molar-refractivity contribution in [2.24, 2.45) is 0 Å². The Labute approximate surface area is 176 Å². The minimum atomic E-state index is -0.942. The summed E-state index contributed by atoms with van der Waals surface area (Å²) >= 11 is 6.36. The van der Waals surface area contributed by atoms with Crippen LogP contribution < -0.4 is 5.32 Å². The van der Waals surface area contributed by atoms with Gasteiger partial charge in [-0.25, -0.2) is 13.8 Å². The van der Waals surface area contributed by atoms with Crippen LogP contribution in [0.1, 0.15) is 10.4 Å². The second-order valence-corrected chi connectivity index (χ2v) is 6.83. The second kappa shape index (κ2) is 8.39. The molecule has 7 heteroatoms. The van der Waals surface area contributed by atoms with E-state index >= 15 is 0 Å². The number of amides is 1. The fraction of sp³-hybridized carbons (Fsp3) is 0. The average molecular weight is 422 g/mol. The smallest absolute Gasteiger partial charge is 0.262 e. The molecule has 0 saturated heterocycles. The number of nitrogens with zero attached hydrogens (tertiary/aromatic N) is 2. The van der Waals surface area contributed by atoms with Gasteiger partial charge in [0.25, 0.3) is 5.91 Å². The zero-order chi connectivity index (χ0) is 21.1. The Morgan fingerprint density at radius 1 is 0.867 bits per heavy atom. The van der Waals surface area contributed by atoms with Gasteiger partial charge in [-0.05, 0) is 48.0 Å². The molecule has 0 aliphatic rings. The lowest BCUT2D eigenvalue weighted by molar-refractivity contribution is 0.101. The molecule has 0 unspecified atom stereocenters. The van der Waals surface area contributed by atoms with Crippen molar-refractivity contribution in [3.63, 3.8) is 0 Å². The second-order valence-electron chi connectivity index (χ2n) is 6.42. The Morgan fingerprint density at radius 2 is 1.63 bits per heavy atom. The first-order valence-corrected chi connectivity index (χ1v) is 9.32. The Kier molecular flexibility index (Phi) is 5.50.